The summed E-state index contributed by atoms with van der Waals surface area (Å²) in [7, 11) is -3.04. The van der Waals surface area contributed by atoms with Crippen molar-refractivity contribution in [3.63, 3.8) is 0 Å². The van der Waals surface area contributed by atoms with Gasteiger partial charge < -0.3 is 0 Å². The van der Waals surface area contributed by atoms with Crippen LogP contribution in [0.4, 0.5) is 0 Å². The van der Waals surface area contributed by atoms with E-state index in [9.17, 15) is 8.42 Å². The van der Waals surface area contributed by atoms with E-state index in [-0.39, 0.29) is 23.0 Å². The molecular formula is C9H16ClN3O2S. The number of aromatic nitrogens is 3. The number of nitrogens with zero attached hydrogens (tertiary/aromatic N) is 3. The highest BCUT2D eigenvalue weighted by molar-refractivity contribution is 7.90. The van der Waals surface area contributed by atoms with Crippen LogP contribution in [0.1, 0.15) is 38.6 Å². The number of halogens is 1. The summed E-state index contributed by atoms with van der Waals surface area (Å²) in [5, 5.41) is 7.96. The second-order valence-electron chi connectivity index (χ2n) is 4.29. The van der Waals surface area contributed by atoms with Gasteiger partial charge in [0.05, 0.1) is 5.75 Å². The van der Waals surface area contributed by atoms with Crippen molar-refractivity contribution < 1.29 is 8.42 Å². The minimum atomic E-state index is -3.04. The van der Waals surface area contributed by atoms with Crippen LogP contribution in [-0.2, 0) is 9.84 Å². The number of sulfone groups is 1. The van der Waals surface area contributed by atoms with Gasteiger partial charge in [-0.1, -0.05) is 13.8 Å². The van der Waals surface area contributed by atoms with Crippen LogP contribution in [0.3, 0.4) is 0 Å². The fourth-order valence-corrected chi connectivity index (χ4v) is 2.91. The summed E-state index contributed by atoms with van der Waals surface area (Å²) in [6, 6.07) is -0.255. The van der Waals surface area contributed by atoms with Gasteiger partial charge in [0.25, 0.3) is 0 Å². The van der Waals surface area contributed by atoms with Crippen molar-refractivity contribution in [2.24, 2.45) is 0 Å². The first-order valence-corrected chi connectivity index (χ1v) is 7.44. The normalized spacial score (nSPS) is 14.4. The molecule has 1 aromatic heterocycles. The van der Waals surface area contributed by atoms with Gasteiger partial charge in [0, 0.05) is 18.2 Å². The lowest BCUT2D eigenvalue weighted by Gasteiger charge is -2.16. The molecule has 16 heavy (non-hydrogen) atoms. The van der Waals surface area contributed by atoms with Gasteiger partial charge in [-0.15, -0.1) is 10.2 Å². The molecule has 0 amide bonds. The van der Waals surface area contributed by atoms with E-state index in [2.05, 4.69) is 10.2 Å². The molecule has 1 heterocycles. The average Bonchev–Trinajstić information content (AvgIpc) is 2.43. The Morgan fingerprint density at radius 1 is 1.31 bits per heavy atom. The van der Waals surface area contributed by atoms with Crippen molar-refractivity contribution in [1.29, 1.82) is 0 Å². The molecule has 1 aromatic rings. The van der Waals surface area contributed by atoms with Crippen LogP contribution in [0.25, 0.3) is 0 Å². The summed E-state index contributed by atoms with van der Waals surface area (Å²) >= 11 is 5.91. The molecule has 1 unspecified atom stereocenters. The second-order valence-corrected chi connectivity index (χ2v) is 6.82. The first kappa shape index (κ1) is 13.4. The van der Waals surface area contributed by atoms with Gasteiger partial charge in [0.15, 0.2) is 0 Å². The van der Waals surface area contributed by atoms with Crippen LogP contribution in [0.15, 0.2) is 0 Å². The monoisotopic (exact) mass is 265 g/mol. The van der Waals surface area contributed by atoms with Gasteiger partial charge in [-0.05, 0) is 18.5 Å². The summed E-state index contributed by atoms with van der Waals surface area (Å²) in [4.78, 5) is 0. The molecular weight excluding hydrogens is 250 g/mol. The van der Waals surface area contributed by atoms with Crippen LogP contribution in [0.5, 0.6) is 0 Å². The molecule has 0 aromatic carbocycles. The SMILES string of the molecule is CC(C)c1nnc(Cl)n1C(C)CS(C)(=O)=O. The summed E-state index contributed by atoms with van der Waals surface area (Å²) in [6.45, 7) is 5.72. The van der Waals surface area contributed by atoms with Gasteiger partial charge in [-0.3, -0.25) is 4.57 Å². The highest BCUT2D eigenvalue weighted by Crippen LogP contribution is 2.22. The molecule has 0 fully saturated rings. The van der Waals surface area contributed by atoms with E-state index in [1.165, 1.54) is 6.26 Å². The predicted molar refractivity (Wildman–Crippen MR) is 63.5 cm³/mol. The maximum atomic E-state index is 11.2. The Kier molecular flexibility index (Phi) is 3.96. The van der Waals surface area contributed by atoms with E-state index in [0.29, 0.717) is 5.82 Å². The van der Waals surface area contributed by atoms with Gasteiger partial charge in [-0.2, -0.15) is 0 Å². The van der Waals surface area contributed by atoms with Crippen LogP contribution in [0, 0.1) is 0 Å². The molecule has 92 valence electrons. The molecule has 0 aliphatic carbocycles. The molecule has 0 N–H and O–H groups in total. The van der Waals surface area contributed by atoms with E-state index in [1.807, 2.05) is 13.8 Å². The maximum Gasteiger partial charge on any atom is 0.225 e. The molecule has 1 rings (SSSR count). The molecule has 0 spiro atoms. The minimum absolute atomic E-state index is 0.0322. The molecule has 0 radical (unpaired) electrons. The third-order valence-corrected chi connectivity index (χ3v) is 3.53. The van der Waals surface area contributed by atoms with Crippen molar-refractivity contribution >= 4 is 21.4 Å². The first-order valence-electron chi connectivity index (χ1n) is 5.00. The van der Waals surface area contributed by atoms with E-state index >= 15 is 0 Å². The fourth-order valence-electron chi connectivity index (χ4n) is 1.60. The highest BCUT2D eigenvalue weighted by atomic mass is 35.5. The fraction of sp³-hybridized carbons (Fsp3) is 0.778. The van der Waals surface area contributed by atoms with Crippen LogP contribution in [-0.4, -0.2) is 35.2 Å². The summed E-state index contributed by atoms with van der Waals surface area (Å²) in [5.74, 6) is 0.896. The Morgan fingerprint density at radius 3 is 2.31 bits per heavy atom. The second kappa shape index (κ2) is 4.71. The quantitative estimate of drug-likeness (QED) is 0.831. The topological polar surface area (TPSA) is 64.8 Å². The zero-order chi connectivity index (χ0) is 12.5. The third kappa shape index (κ3) is 3.18. The lowest BCUT2D eigenvalue weighted by molar-refractivity contribution is 0.534. The lowest BCUT2D eigenvalue weighted by atomic mass is 10.2. The average molecular weight is 266 g/mol. The number of rotatable bonds is 4. The van der Waals surface area contributed by atoms with Crippen molar-refractivity contribution in [3.05, 3.63) is 11.1 Å². The van der Waals surface area contributed by atoms with Crippen molar-refractivity contribution in [2.75, 3.05) is 12.0 Å². The number of hydrogen-bond acceptors (Lipinski definition) is 4. The van der Waals surface area contributed by atoms with Crippen LogP contribution in [0.2, 0.25) is 5.28 Å². The molecule has 0 saturated heterocycles. The van der Waals surface area contributed by atoms with Crippen molar-refractivity contribution in [1.82, 2.24) is 14.8 Å². The Balaban J connectivity index is 3.07. The molecule has 5 nitrogen and oxygen atoms in total. The van der Waals surface area contributed by atoms with E-state index < -0.39 is 9.84 Å². The van der Waals surface area contributed by atoms with Gasteiger partial charge in [0.2, 0.25) is 5.28 Å². The Labute approximate surface area is 101 Å². The zero-order valence-electron chi connectivity index (χ0n) is 9.81. The van der Waals surface area contributed by atoms with E-state index in [0.717, 1.165) is 0 Å². The van der Waals surface area contributed by atoms with E-state index in [1.54, 1.807) is 11.5 Å². The van der Waals surface area contributed by atoms with Crippen LogP contribution < -0.4 is 0 Å². The Hall–Kier alpha value is -0.620. The maximum absolute atomic E-state index is 11.2. The Morgan fingerprint density at radius 2 is 1.88 bits per heavy atom. The summed E-state index contributed by atoms with van der Waals surface area (Å²) < 4.78 is 24.1. The first-order chi connectivity index (χ1) is 7.22. The Bertz CT molecular complexity index is 467. The van der Waals surface area contributed by atoms with Crippen LogP contribution >= 0.6 is 11.6 Å². The van der Waals surface area contributed by atoms with Crippen molar-refractivity contribution in [3.8, 4) is 0 Å². The third-order valence-electron chi connectivity index (χ3n) is 2.18. The van der Waals surface area contributed by atoms with Gasteiger partial charge in [-0.25, -0.2) is 8.42 Å². The van der Waals surface area contributed by atoms with Gasteiger partial charge >= 0.3 is 0 Å². The highest BCUT2D eigenvalue weighted by Gasteiger charge is 2.21. The molecule has 0 saturated carbocycles. The summed E-state index contributed by atoms with van der Waals surface area (Å²) in [5.41, 5.74) is 0. The molecule has 0 bridgehead atoms. The number of hydrogen-bond donors (Lipinski definition) is 0. The summed E-state index contributed by atoms with van der Waals surface area (Å²) in [6.07, 6.45) is 1.21. The lowest BCUT2D eigenvalue weighted by Crippen LogP contribution is -2.19. The molecule has 0 aliphatic heterocycles. The molecule has 7 heteroatoms. The molecule has 0 aliphatic rings. The predicted octanol–water partition coefficient (Wildman–Crippen LogP) is 1.66. The van der Waals surface area contributed by atoms with E-state index in [4.69, 9.17) is 11.6 Å². The minimum Gasteiger partial charge on any atom is -0.298 e. The van der Waals surface area contributed by atoms with Crippen molar-refractivity contribution in [2.45, 2.75) is 32.7 Å². The standard InChI is InChI=1S/C9H16ClN3O2S/c1-6(2)8-11-12-9(10)13(8)7(3)5-16(4,14)15/h6-7H,5H2,1-4H3. The van der Waals surface area contributed by atoms with Gasteiger partial charge in [0.1, 0.15) is 15.7 Å². The largest absolute Gasteiger partial charge is 0.298 e. The zero-order valence-corrected chi connectivity index (χ0v) is 11.4. The smallest absolute Gasteiger partial charge is 0.225 e. The molecule has 1 atom stereocenters.